The molecule has 0 bridgehead atoms. The molecule has 21 heavy (non-hydrogen) atoms. The van der Waals surface area contributed by atoms with Gasteiger partial charge in [0.2, 0.25) is 0 Å². The second-order valence-electron chi connectivity index (χ2n) is 5.64. The van der Waals surface area contributed by atoms with Crippen LogP contribution in [0.1, 0.15) is 42.5 Å². The van der Waals surface area contributed by atoms with Crippen molar-refractivity contribution in [3.05, 3.63) is 23.8 Å². The number of benzene rings is 1. The third-order valence-electron chi connectivity index (χ3n) is 4.06. The lowest BCUT2D eigenvalue weighted by Crippen LogP contribution is -2.45. The molecule has 0 aromatic heterocycles. The molecule has 1 fully saturated rings. The van der Waals surface area contributed by atoms with Gasteiger partial charge < -0.3 is 19.9 Å². The van der Waals surface area contributed by atoms with Crippen LogP contribution in [0.2, 0.25) is 0 Å². The standard InChI is InChI=1S/C16H21NO4/c18-13-5-2-1-4-12(13)17-16(19)11-6-7-14-15(10-11)21-9-3-8-20-14/h6-7,10,12-13,18H,1-5,8-9H2,(H,17,19)/t12-,13-/m0/s1. The molecule has 2 N–H and O–H groups in total. The molecule has 2 aliphatic rings. The summed E-state index contributed by atoms with van der Waals surface area (Å²) in [5, 5.41) is 12.9. The highest BCUT2D eigenvalue weighted by atomic mass is 16.5. The smallest absolute Gasteiger partial charge is 0.251 e. The fourth-order valence-electron chi connectivity index (χ4n) is 2.84. The number of nitrogens with one attached hydrogen (secondary N) is 1. The fourth-order valence-corrected chi connectivity index (χ4v) is 2.84. The number of hydrogen-bond donors (Lipinski definition) is 2. The Morgan fingerprint density at radius 2 is 1.86 bits per heavy atom. The Kier molecular flexibility index (Phi) is 4.29. The molecule has 2 atom stereocenters. The summed E-state index contributed by atoms with van der Waals surface area (Å²) in [6.45, 7) is 1.23. The number of carbonyl (C=O) groups excluding carboxylic acids is 1. The fraction of sp³-hybridized carbons (Fsp3) is 0.562. The molecule has 1 saturated carbocycles. The zero-order valence-corrected chi connectivity index (χ0v) is 12.0. The van der Waals surface area contributed by atoms with E-state index in [1.54, 1.807) is 18.2 Å². The Balaban J connectivity index is 1.71. The third-order valence-corrected chi connectivity index (χ3v) is 4.06. The molecule has 1 aromatic rings. The highest BCUT2D eigenvalue weighted by Crippen LogP contribution is 2.30. The van der Waals surface area contributed by atoms with Crippen molar-refractivity contribution in [1.29, 1.82) is 0 Å². The van der Waals surface area contributed by atoms with Gasteiger partial charge in [-0.05, 0) is 31.0 Å². The first-order valence-electron chi connectivity index (χ1n) is 7.62. The minimum Gasteiger partial charge on any atom is -0.490 e. The van der Waals surface area contributed by atoms with Crippen LogP contribution in [0.3, 0.4) is 0 Å². The quantitative estimate of drug-likeness (QED) is 0.873. The van der Waals surface area contributed by atoms with E-state index in [-0.39, 0.29) is 11.9 Å². The Labute approximate surface area is 124 Å². The lowest BCUT2D eigenvalue weighted by Gasteiger charge is -2.28. The summed E-state index contributed by atoms with van der Waals surface area (Å²) in [5.41, 5.74) is 0.539. The van der Waals surface area contributed by atoms with E-state index in [4.69, 9.17) is 9.47 Å². The predicted molar refractivity (Wildman–Crippen MR) is 77.8 cm³/mol. The van der Waals surface area contributed by atoms with Crippen LogP contribution in [0.15, 0.2) is 18.2 Å². The average molecular weight is 291 g/mol. The first kappa shape index (κ1) is 14.2. The number of ether oxygens (including phenoxy) is 2. The Hall–Kier alpha value is -1.75. The average Bonchev–Trinajstić information content (AvgIpc) is 2.74. The second-order valence-corrected chi connectivity index (χ2v) is 5.64. The van der Waals surface area contributed by atoms with Crippen LogP contribution < -0.4 is 14.8 Å². The van der Waals surface area contributed by atoms with Crippen LogP contribution in [0, 0.1) is 0 Å². The summed E-state index contributed by atoms with van der Waals surface area (Å²) in [6, 6.07) is 5.07. The summed E-state index contributed by atoms with van der Waals surface area (Å²) in [6.07, 6.45) is 4.05. The number of rotatable bonds is 2. The highest BCUT2D eigenvalue weighted by molar-refractivity contribution is 5.95. The van der Waals surface area contributed by atoms with Gasteiger partial charge in [-0.3, -0.25) is 4.79 Å². The number of fused-ring (bicyclic) bond motifs is 1. The summed E-state index contributed by atoms with van der Waals surface area (Å²) in [7, 11) is 0. The molecular formula is C16H21NO4. The van der Waals surface area contributed by atoms with Crippen molar-refractivity contribution in [3.63, 3.8) is 0 Å². The predicted octanol–water partition coefficient (Wildman–Crippen LogP) is 1.88. The van der Waals surface area contributed by atoms with Crippen molar-refractivity contribution >= 4 is 5.91 Å². The molecule has 5 heteroatoms. The lowest BCUT2D eigenvalue weighted by atomic mass is 9.92. The maximum absolute atomic E-state index is 12.3. The van der Waals surface area contributed by atoms with E-state index in [2.05, 4.69) is 5.32 Å². The summed E-state index contributed by atoms with van der Waals surface area (Å²) in [5.74, 6) is 1.13. The molecule has 1 heterocycles. The molecule has 1 amide bonds. The highest BCUT2D eigenvalue weighted by Gasteiger charge is 2.25. The first-order valence-corrected chi connectivity index (χ1v) is 7.62. The number of hydrogen-bond acceptors (Lipinski definition) is 4. The van der Waals surface area contributed by atoms with Gasteiger partial charge in [0.1, 0.15) is 0 Å². The molecule has 1 aliphatic carbocycles. The van der Waals surface area contributed by atoms with Gasteiger partial charge in [0.15, 0.2) is 11.5 Å². The van der Waals surface area contributed by atoms with Crippen molar-refractivity contribution in [3.8, 4) is 11.5 Å². The van der Waals surface area contributed by atoms with Crippen LogP contribution in [0.25, 0.3) is 0 Å². The normalized spacial score (nSPS) is 25.0. The first-order chi connectivity index (χ1) is 10.2. The van der Waals surface area contributed by atoms with Gasteiger partial charge in [-0.1, -0.05) is 12.8 Å². The van der Waals surface area contributed by atoms with Crippen LogP contribution in [0.4, 0.5) is 0 Å². The molecule has 0 unspecified atom stereocenters. The van der Waals surface area contributed by atoms with E-state index in [0.29, 0.717) is 30.3 Å². The van der Waals surface area contributed by atoms with Gasteiger partial charge in [0.25, 0.3) is 5.91 Å². The minimum atomic E-state index is -0.442. The van der Waals surface area contributed by atoms with E-state index in [1.807, 2.05) is 0 Å². The van der Waals surface area contributed by atoms with E-state index in [1.165, 1.54) is 0 Å². The number of aliphatic hydroxyl groups is 1. The summed E-state index contributed by atoms with van der Waals surface area (Å²) < 4.78 is 11.1. The third kappa shape index (κ3) is 3.29. The van der Waals surface area contributed by atoms with Crippen molar-refractivity contribution in [2.24, 2.45) is 0 Å². The van der Waals surface area contributed by atoms with Crippen LogP contribution in [0.5, 0.6) is 11.5 Å². The van der Waals surface area contributed by atoms with Gasteiger partial charge in [-0.25, -0.2) is 0 Å². The topological polar surface area (TPSA) is 67.8 Å². The zero-order valence-electron chi connectivity index (χ0n) is 12.0. The number of amides is 1. The van der Waals surface area contributed by atoms with E-state index >= 15 is 0 Å². The van der Waals surface area contributed by atoms with Gasteiger partial charge in [0.05, 0.1) is 25.4 Å². The maximum Gasteiger partial charge on any atom is 0.251 e. The van der Waals surface area contributed by atoms with Gasteiger partial charge in [-0.15, -0.1) is 0 Å². The van der Waals surface area contributed by atoms with E-state index in [0.717, 1.165) is 32.1 Å². The number of carbonyl (C=O) groups is 1. The molecular weight excluding hydrogens is 270 g/mol. The maximum atomic E-state index is 12.3. The zero-order chi connectivity index (χ0) is 14.7. The Morgan fingerprint density at radius 3 is 2.67 bits per heavy atom. The van der Waals surface area contributed by atoms with Crippen LogP contribution in [-0.4, -0.2) is 36.4 Å². The van der Waals surface area contributed by atoms with E-state index < -0.39 is 6.10 Å². The molecule has 114 valence electrons. The second kappa shape index (κ2) is 6.35. The number of aliphatic hydroxyl groups excluding tert-OH is 1. The van der Waals surface area contributed by atoms with Crippen molar-refractivity contribution in [1.82, 2.24) is 5.32 Å². The molecule has 5 nitrogen and oxygen atoms in total. The molecule has 0 radical (unpaired) electrons. The molecule has 0 spiro atoms. The Bertz CT molecular complexity index is 517. The monoisotopic (exact) mass is 291 g/mol. The van der Waals surface area contributed by atoms with Gasteiger partial charge in [-0.2, -0.15) is 0 Å². The van der Waals surface area contributed by atoms with Crippen LogP contribution in [-0.2, 0) is 0 Å². The molecule has 1 aromatic carbocycles. The summed E-state index contributed by atoms with van der Waals surface area (Å²) in [4.78, 5) is 12.3. The van der Waals surface area contributed by atoms with Gasteiger partial charge >= 0.3 is 0 Å². The van der Waals surface area contributed by atoms with Crippen molar-refractivity contribution < 1.29 is 19.4 Å². The molecule has 3 rings (SSSR count). The largest absolute Gasteiger partial charge is 0.490 e. The van der Waals surface area contributed by atoms with Gasteiger partial charge in [0, 0.05) is 12.0 Å². The molecule has 1 aliphatic heterocycles. The SMILES string of the molecule is O=C(N[C@H]1CCCC[C@@H]1O)c1ccc2c(c1)OCCCO2. The molecule has 0 saturated heterocycles. The minimum absolute atomic E-state index is 0.151. The summed E-state index contributed by atoms with van der Waals surface area (Å²) >= 11 is 0. The Morgan fingerprint density at radius 1 is 1.10 bits per heavy atom. The van der Waals surface area contributed by atoms with Crippen LogP contribution >= 0.6 is 0 Å². The van der Waals surface area contributed by atoms with Crippen molar-refractivity contribution in [2.45, 2.75) is 44.2 Å². The van der Waals surface area contributed by atoms with E-state index in [9.17, 15) is 9.90 Å². The lowest BCUT2D eigenvalue weighted by molar-refractivity contribution is 0.0717. The van der Waals surface area contributed by atoms with Crippen molar-refractivity contribution in [2.75, 3.05) is 13.2 Å².